The first-order valence-corrected chi connectivity index (χ1v) is 9.24. The maximum Gasteiger partial charge on any atom is 0.349 e. The van der Waals surface area contributed by atoms with Crippen molar-refractivity contribution in [2.45, 2.75) is 6.92 Å². The molecule has 29 heavy (non-hydrogen) atoms. The van der Waals surface area contributed by atoms with Crippen molar-refractivity contribution in [3.63, 3.8) is 0 Å². The molecular formula is C19H17N3O6S. The van der Waals surface area contributed by atoms with E-state index in [1.165, 1.54) is 24.1 Å². The number of nitrogens with one attached hydrogen (secondary N) is 1. The number of fused-ring (bicyclic) bond motifs is 1. The standard InChI is InChI=1S/C19H17N3O6S/c1-10-14-17(20-9-22(2)18(14)25)29-15(10)19(26)28-8-13(23)21-16(24)11-6-4-5-7-12(11)27-3/h4-7,9H,8H2,1-3H3,(H,21,23,24). The Morgan fingerprint density at radius 2 is 1.97 bits per heavy atom. The number of aryl methyl sites for hydroxylation is 2. The number of ether oxygens (including phenoxy) is 2. The first kappa shape index (κ1) is 20.2. The van der Waals surface area contributed by atoms with Crippen LogP contribution in [-0.4, -0.2) is 41.1 Å². The van der Waals surface area contributed by atoms with Crippen molar-refractivity contribution >= 4 is 39.3 Å². The number of esters is 1. The molecule has 0 aliphatic carbocycles. The van der Waals surface area contributed by atoms with Crippen molar-refractivity contribution in [2.24, 2.45) is 7.05 Å². The topological polar surface area (TPSA) is 117 Å². The van der Waals surface area contributed by atoms with E-state index >= 15 is 0 Å². The van der Waals surface area contributed by atoms with Crippen LogP contribution in [0, 0.1) is 6.92 Å². The quantitative estimate of drug-likeness (QED) is 0.627. The van der Waals surface area contributed by atoms with Crippen molar-refractivity contribution < 1.29 is 23.9 Å². The van der Waals surface area contributed by atoms with E-state index in [1.54, 1.807) is 32.2 Å². The minimum atomic E-state index is -0.790. The number of para-hydroxylation sites is 1. The third kappa shape index (κ3) is 4.02. The summed E-state index contributed by atoms with van der Waals surface area (Å²) in [6.07, 6.45) is 1.37. The van der Waals surface area contributed by atoms with Crippen LogP contribution in [0.15, 0.2) is 35.4 Å². The fraction of sp³-hybridized carbons (Fsp3) is 0.211. The van der Waals surface area contributed by atoms with Gasteiger partial charge in [0, 0.05) is 7.05 Å². The highest BCUT2D eigenvalue weighted by molar-refractivity contribution is 7.20. The van der Waals surface area contributed by atoms with Gasteiger partial charge < -0.3 is 14.0 Å². The Kier molecular flexibility index (Phi) is 5.74. The zero-order valence-electron chi connectivity index (χ0n) is 15.8. The van der Waals surface area contributed by atoms with Crippen molar-refractivity contribution in [3.8, 4) is 5.75 Å². The van der Waals surface area contributed by atoms with E-state index in [2.05, 4.69) is 10.3 Å². The average molecular weight is 415 g/mol. The fourth-order valence-electron chi connectivity index (χ4n) is 2.66. The summed E-state index contributed by atoms with van der Waals surface area (Å²) in [5.74, 6) is -1.92. The molecule has 0 radical (unpaired) electrons. The molecule has 0 bridgehead atoms. The van der Waals surface area contributed by atoms with Gasteiger partial charge in [0.05, 0.1) is 24.4 Å². The molecular weight excluding hydrogens is 398 g/mol. The number of methoxy groups -OCH3 is 1. The molecule has 0 saturated carbocycles. The summed E-state index contributed by atoms with van der Waals surface area (Å²) in [6.45, 7) is 0.961. The number of carbonyl (C=O) groups excluding carboxylic acids is 3. The molecule has 1 N–H and O–H groups in total. The molecule has 2 heterocycles. The molecule has 3 rings (SSSR count). The molecule has 0 aliphatic rings. The van der Waals surface area contributed by atoms with Crippen LogP contribution in [0.5, 0.6) is 5.75 Å². The van der Waals surface area contributed by atoms with Crippen molar-refractivity contribution in [1.82, 2.24) is 14.9 Å². The van der Waals surface area contributed by atoms with E-state index in [-0.39, 0.29) is 16.0 Å². The van der Waals surface area contributed by atoms with E-state index < -0.39 is 24.4 Å². The van der Waals surface area contributed by atoms with Gasteiger partial charge in [-0.05, 0) is 24.6 Å². The lowest BCUT2D eigenvalue weighted by Crippen LogP contribution is -2.34. The number of rotatable bonds is 5. The Labute approximate surface area is 168 Å². The minimum Gasteiger partial charge on any atom is -0.496 e. The van der Waals surface area contributed by atoms with Crippen LogP contribution in [-0.2, 0) is 16.6 Å². The summed E-state index contributed by atoms with van der Waals surface area (Å²) in [5.41, 5.74) is 0.342. The summed E-state index contributed by atoms with van der Waals surface area (Å²) in [6, 6.07) is 6.41. The fourth-order valence-corrected chi connectivity index (χ4v) is 3.70. The van der Waals surface area contributed by atoms with E-state index in [0.717, 1.165) is 11.3 Å². The molecule has 2 aromatic heterocycles. The smallest absolute Gasteiger partial charge is 0.349 e. The first-order valence-electron chi connectivity index (χ1n) is 8.42. The van der Waals surface area contributed by atoms with Gasteiger partial charge in [-0.2, -0.15) is 0 Å². The molecule has 2 amide bonds. The van der Waals surface area contributed by atoms with Gasteiger partial charge in [-0.3, -0.25) is 19.7 Å². The number of benzene rings is 1. The molecule has 0 aliphatic heterocycles. The first-order chi connectivity index (χ1) is 13.8. The number of amides is 2. The highest BCUT2D eigenvalue weighted by atomic mass is 32.1. The highest BCUT2D eigenvalue weighted by Crippen LogP contribution is 2.27. The molecule has 1 aromatic carbocycles. The van der Waals surface area contributed by atoms with Crippen molar-refractivity contribution in [3.05, 3.63) is 57.0 Å². The maximum absolute atomic E-state index is 12.4. The molecule has 150 valence electrons. The van der Waals surface area contributed by atoms with Gasteiger partial charge in [-0.25, -0.2) is 9.78 Å². The minimum absolute atomic E-state index is 0.178. The van der Waals surface area contributed by atoms with Crippen LogP contribution in [0.3, 0.4) is 0 Å². The molecule has 0 fully saturated rings. The van der Waals surface area contributed by atoms with Gasteiger partial charge in [0.1, 0.15) is 15.5 Å². The van der Waals surface area contributed by atoms with Crippen LogP contribution in [0.2, 0.25) is 0 Å². The van der Waals surface area contributed by atoms with E-state index in [0.29, 0.717) is 21.5 Å². The monoisotopic (exact) mass is 415 g/mol. The number of thiophene rings is 1. The van der Waals surface area contributed by atoms with E-state index in [9.17, 15) is 19.2 Å². The van der Waals surface area contributed by atoms with Crippen LogP contribution in [0.4, 0.5) is 0 Å². The Morgan fingerprint density at radius 1 is 1.24 bits per heavy atom. The Hall–Kier alpha value is -3.53. The van der Waals surface area contributed by atoms with Gasteiger partial charge in [-0.15, -0.1) is 11.3 Å². The second kappa shape index (κ2) is 8.23. The van der Waals surface area contributed by atoms with Gasteiger partial charge >= 0.3 is 5.97 Å². The van der Waals surface area contributed by atoms with Gasteiger partial charge in [0.2, 0.25) is 0 Å². The van der Waals surface area contributed by atoms with Crippen LogP contribution in [0.25, 0.3) is 10.2 Å². The number of carbonyl (C=O) groups is 3. The van der Waals surface area contributed by atoms with Gasteiger partial charge in [-0.1, -0.05) is 12.1 Å². The third-order valence-electron chi connectivity index (χ3n) is 4.13. The normalized spacial score (nSPS) is 10.6. The number of aromatic nitrogens is 2. The SMILES string of the molecule is COc1ccccc1C(=O)NC(=O)COC(=O)c1sc2ncn(C)c(=O)c2c1C. The molecule has 10 heteroatoms. The van der Waals surface area contributed by atoms with Crippen molar-refractivity contribution in [2.75, 3.05) is 13.7 Å². The summed E-state index contributed by atoms with van der Waals surface area (Å²) in [7, 11) is 2.97. The number of imide groups is 1. The van der Waals surface area contributed by atoms with Crippen molar-refractivity contribution in [1.29, 1.82) is 0 Å². The zero-order chi connectivity index (χ0) is 21.1. The highest BCUT2D eigenvalue weighted by Gasteiger charge is 2.22. The largest absolute Gasteiger partial charge is 0.496 e. The lowest BCUT2D eigenvalue weighted by molar-refractivity contribution is -0.123. The zero-order valence-corrected chi connectivity index (χ0v) is 16.7. The lowest BCUT2D eigenvalue weighted by Gasteiger charge is -2.08. The van der Waals surface area contributed by atoms with Crippen LogP contribution < -0.4 is 15.6 Å². The predicted octanol–water partition coefficient (Wildman–Crippen LogP) is 1.43. The molecule has 9 nitrogen and oxygen atoms in total. The molecule has 0 unspecified atom stereocenters. The predicted molar refractivity (Wildman–Crippen MR) is 105 cm³/mol. The second-order valence-electron chi connectivity index (χ2n) is 6.05. The second-order valence-corrected chi connectivity index (χ2v) is 7.05. The number of hydrogen-bond donors (Lipinski definition) is 1. The Bertz CT molecular complexity index is 1180. The number of nitrogens with zero attached hydrogens (tertiary/aromatic N) is 2. The van der Waals surface area contributed by atoms with Crippen LogP contribution >= 0.6 is 11.3 Å². The number of hydrogen-bond acceptors (Lipinski definition) is 8. The maximum atomic E-state index is 12.4. The lowest BCUT2D eigenvalue weighted by atomic mass is 10.2. The molecule has 0 saturated heterocycles. The Balaban J connectivity index is 1.68. The van der Waals surface area contributed by atoms with E-state index in [1.807, 2.05) is 0 Å². The molecule has 0 atom stereocenters. The Morgan fingerprint density at radius 3 is 2.69 bits per heavy atom. The summed E-state index contributed by atoms with van der Waals surface area (Å²) >= 11 is 1.01. The van der Waals surface area contributed by atoms with Gasteiger partial charge in [0.25, 0.3) is 17.4 Å². The van der Waals surface area contributed by atoms with Crippen LogP contribution in [0.1, 0.15) is 25.6 Å². The average Bonchev–Trinajstić information content (AvgIpc) is 3.06. The third-order valence-corrected chi connectivity index (χ3v) is 5.31. The summed E-state index contributed by atoms with van der Waals surface area (Å²) in [4.78, 5) is 53.5. The van der Waals surface area contributed by atoms with Gasteiger partial charge in [0.15, 0.2) is 6.61 Å². The van der Waals surface area contributed by atoms with E-state index in [4.69, 9.17) is 9.47 Å². The molecule has 3 aromatic rings. The summed E-state index contributed by atoms with van der Waals surface area (Å²) in [5, 5.41) is 2.47. The summed E-state index contributed by atoms with van der Waals surface area (Å²) < 4.78 is 11.4. The molecule has 0 spiro atoms.